The highest BCUT2D eigenvalue weighted by Gasteiger charge is 2.31. The Hall–Kier alpha value is -3.07. The van der Waals surface area contributed by atoms with E-state index in [9.17, 15) is 18.0 Å². The van der Waals surface area contributed by atoms with E-state index in [1.54, 1.807) is 38.1 Å². The highest BCUT2D eigenvalue weighted by molar-refractivity contribution is 7.92. The molecule has 2 aromatic carbocycles. The van der Waals surface area contributed by atoms with E-state index in [0.717, 1.165) is 16.1 Å². The van der Waals surface area contributed by atoms with E-state index in [0.29, 0.717) is 12.4 Å². The first kappa shape index (κ1) is 26.2. The van der Waals surface area contributed by atoms with Crippen LogP contribution in [0.25, 0.3) is 0 Å². The van der Waals surface area contributed by atoms with Crippen LogP contribution in [0.15, 0.2) is 54.6 Å². The second kappa shape index (κ2) is 11.7. The maximum absolute atomic E-state index is 13.5. The van der Waals surface area contributed by atoms with Crippen LogP contribution >= 0.6 is 0 Å². The second-order valence-electron chi connectivity index (χ2n) is 8.02. The van der Waals surface area contributed by atoms with Crippen LogP contribution in [0.2, 0.25) is 0 Å². The molecule has 8 nitrogen and oxygen atoms in total. The van der Waals surface area contributed by atoms with Crippen molar-refractivity contribution in [1.29, 1.82) is 0 Å². The van der Waals surface area contributed by atoms with Gasteiger partial charge >= 0.3 is 0 Å². The first-order valence-electron chi connectivity index (χ1n) is 10.9. The Labute approximate surface area is 196 Å². The third-order valence-corrected chi connectivity index (χ3v) is 6.03. The summed E-state index contributed by atoms with van der Waals surface area (Å²) in [5.74, 6) is -0.449. The Morgan fingerprint density at radius 1 is 1.00 bits per heavy atom. The van der Waals surface area contributed by atoms with Gasteiger partial charge in [0.05, 0.1) is 18.6 Å². The molecule has 180 valence electrons. The number of ether oxygens (including phenoxy) is 1. The van der Waals surface area contributed by atoms with Gasteiger partial charge in [-0.05, 0) is 45.4 Å². The van der Waals surface area contributed by atoms with Gasteiger partial charge in [-0.3, -0.25) is 13.9 Å². The lowest BCUT2D eigenvalue weighted by Crippen LogP contribution is -2.52. The van der Waals surface area contributed by atoms with Crippen LogP contribution in [0.3, 0.4) is 0 Å². The predicted octanol–water partition coefficient (Wildman–Crippen LogP) is 2.79. The number of carbonyl (C=O) groups excluding carboxylic acids is 2. The van der Waals surface area contributed by atoms with Crippen LogP contribution in [-0.2, 0) is 26.2 Å². The van der Waals surface area contributed by atoms with E-state index in [4.69, 9.17) is 4.74 Å². The zero-order valence-corrected chi connectivity index (χ0v) is 20.6. The van der Waals surface area contributed by atoms with E-state index in [1.165, 1.54) is 4.90 Å². The normalized spacial score (nSPS) is 12.2. The SMILES string of the molecule is CCOc1ccccc1N(CC(=O)N(Cc1ccccc1)[C@@H](C)C(=O)NC(C)C)S(C)(=O)=O. The molecular formula is C24H33N3O5S. The number of amides is 2. The Kier molecular flexibility index (Phi) is 9.28. The summed E-state index contributed by atoms with van der Waals surface area (Å²) in [6.45, 7) is 7.15. The molecular weight excluding hydrogens is 442 g/mol. The number of hydrogen-bond donors (Lipinski definition) is 1. The minimum absolute atomic E-state index is 0.0979. The molecule has 33 heavy (non-hydrogen) atoms. The molecule has 2 amide bonds. The molecule has 0 unspecified atom stereocenters. The summed E-state index contributed by atoms with van der Waals surface area (Å²) < 4.78 is 32.0. The van der Waals surface area contributed by atoms with Crippen molar-refractivity contribution in [3.8, 4) is 5.75 Å². The molecule has 0 aromatic heterocycles. The van der Waals surface area contributed by atoms with Gasteiger partial charge in [-0.2, -0.15) is 0 Å². The summed E-state index contributed by atoms with van der Waals surface area (Å²) in [5.41, 5.74) is 1.10. The van der Waals surface area contributed by atoms with Gasteiger partial charge in [0.1, 0.15) is 18.3 Å². The molecule has 0 fully saturated rings. The van der Waals surface area contributed by atoms with Gasteiger partial charge in [0.25, 0.3) is 0 Å². The summed E-state index contributed by atoms with van der Waals surface area (Å²) >= 11 is 0. The van der Waals surface area contributed by atoms with Crippen molar-refractivity contribution in [3.05, 3.63) is 60.2 Å². The molecule has 0 saturated heterocycles. The van der Waals surface area contributed by atoms with Crippen molar-refractivity contribution in [2.45, 2.75) is 46.3 Å². The number of anilines is 1. The standard InChI is InChI=1S/C24H33N3O5S/c1-6-32-22-15-11-10-14-21(22)27(33(5,30)31)17-23(28)26(16-20-12-8-7-9-13-20)19(4)24(29)25-18(2)3/h7-15,18-19H,6,16-17H2,1-5H3,(H,25,29)/t19-/m0/s1. The van der Waals surface area contributed by atoms with E-state index < -0.39 is 28.5 Å². The number of sulfonamides is 1. The van der Waals surface area contributed by atoms with Crippen LogP contribution in [0.5, 0.6) is 5.75 Å². The van der Waals surface area contributed by atoms with Crippen molar-refractivity contribution >= 4 is 27.5 Å². The van der Waals surface area contributed by atoms with Crippen molar-refractivity contribution in [3.63, 3.8) is 0 Å². The third kappa shape index (κ3) is 7.49. The fourth-order valence-corrected chi connectivity index (χ4v) is 4.16. The first-order valence-corrected chi connectivity index (χ1v) is 12.7. The van der Waals surface area contributed by atoms with Gasteiger partial charge in [0.15, 0.2) is 0 Å². The predicted molar refractivity (Wildman–Crippen MR) is 130 cm³/mol. The van der Waals surface area contributed by atoms with Crippen molar-refractivity contribution in [2.75, 3.05) is 23.7 Å². The van der Waals surface area contributed by atoms with Gasteiger partial charge in [-0.15, -0.1) is 0 Å². The van der Waals surface area contributed by atoms with E-state index in [-0.39, 0.29) is 24.2 Å². The van der Waals surface area contributed by atoms with Gasteiger partial charge in [-0.1, -0.05) is 42.5 Å². The second-order valence-corrected chi connectivity index (χ2v) is 9.92. The number of para-hydroxylation sites is 2. The van der Waals surface area contributed by atoms with Crippen molar-refractivity contribution in [2.24, 2.45) is 0 Å². The molecule has 0 saturated carbocycles. The molecule has 0 heterocycles. The largest absolute Gasteiger partial charge is 0.492 e. The Bertz CT molecular complexity index is 1040. The van der Waals surface area contributed by atoms with E-state index in [1.807, 2.05) is 44.2 Å². The average Bonchev–Trinajstić information content (AvgIpc) is 2.75. The highest BCUT2D eigenvalue weighted by atomic mass is 32.2. The number of hydrogen-bond acceptors (Lipinski definition) is 5. The van der Waals surface area contributed by atoms with Crippen molar-refractivity contribution in [1.82, 2.24) is 10.2 Å². The molecule has 2 rings (SSSR count). The lowest BCUT2D eigenvalue weighted by Gasteiger charge is -2.32. The fraction of sp³-hybridized carbons (Fsp3) is 0.417. The smallest absolute Gasteiger partial charge is 0.244 e. The topological polar surface area (TPSA) is 96.0 Å². The molecule has 0 spiro atoms. The molecule has 2 aromatic rings. The Balaban J connectivity index is 2.41. The molecule has 0 bridgehead atoms. The monoisotopic (exact) mass is 475 g/mol. The molecule has 1 atom stereocenters. The summed E-state index contributed by atoms with van der Waals surface area (Å²) in [5, 5.41) is 2.82. The van der Waals surface area contributed by atoms with Crippen LogP contribution in [-0.4, -0.2) is 56.6 Å². The van der Waals surface area contributed by atoms with E-state index >= 15 is 0 Å². The first-order chi connectivity index (χ1) is 15.5. The van der Waals surface area contributed by atoms with Crippen LogP contribution in [0.4, 0.5) is 5.69 Å². The maximum Gasteiger partial charge on any atom is 0.244 e. The minimum atomic E-state index is -3.82. The Morgan fingerprint density at radius 3 is 2.18 bits per heavy atom. The van der Waals surface area contributed by atoms with Crippen LogP contribution < -0.4 is 14.4 Å². The summed E-state index contributed by atoms with van der Waals surface area (Å²) in [6, 6.07) is 15.0. The Morgan fingerprint density at radius 2 is 1.61 bits per heavy atom. The van der Waals surface area contributed by atoms with Crippen LogP contribution in [0, 0.1) is 0 Å². The minimum Gasteiger partial charge on any atom is -0.492 e. The third-order valence-electron chi connectivity index (χ3n) is 4.91. The summed E-state index contributed by atoms with van der Waals surface area (Å²) in [6.07, 6.45) is 1.04. The molecule has 0 radical (unpaired) electrons. The van der Waals surface area contributed by atoms with Gasteiger partial charge in [0.2, 0.25) is 21.8 Å². The number of rotatable bonds is 11. The van der Waals surface area contributed by atoms with Gasteiger partial charge in [-0.25, -0.2) is 8.42 Å². The zero-order chi connectivity index (χ0) is 24.6. The lowest BCUT2D eigenvalue weighted by atomic mass is 10.1. The number of nitrogens with one attached hydrogen (secondary N) is 1. The van der Waals surface area contributed by atoms with E-state index in [2.05, 4.69) is 5.32 Å². The summed E-state index contributed by atoms with van der Waals surface area (Å²) in [7, 11) is -3.82. The molecule has 0 aliphatic rings. The average molecular weight is 476 g/mol. The quantitative estimate of drug-likeness (QED) is 0.539. The molecule has 0 aliphatic carbocycles. The lowest BCUT2D eigenvalue weighted by molar-refractivity contribution is -0.139. The fourth-order valence-electron chi connectivity index (χ4n) is 3.30. The molecule has 9 heteroatoms. The number of nitrogens with zero attached hydrogens (tertiary/aromatic N) is 2. The number of benzene rings is 2. The number of carbonyl (C=O) groups is 2. The summed E-state index contributed by atoms with van der Waals surface area (Å²) in [4.78, 5) is 27.6. The highest BCUT2D eigenvalue weighted by Crippen LogP contribution is 2.30. The zero-order valence-electron chi connectivity index (χ0n) is 19.8. The maximum atomic E-state index is 13.5. The van der Waals surface area contributed by atoms with Gasteiger partial charge in [0, 0.05) is 12.6 Å². The van der Waals surface area contributed by atoms with Crippen molar-refractivity contribution < 1.29 is 22.7 Å². The van der Waals surface area contributed by atoms with Gasteiger partial charge < -0.3 is 15.0 Å². The molecule has 0 aliphatic heterocycles. The molecule has 1 N–H and O–H groups in total. The van der Waals surface area contributed by atoms with Crippen LogP contribution in [0.1, 0.15) is 33.3 Å².